The number of hydrogen-bond acceptors (Lipinski definition) is 4. The summed E-state index contributed by atoms with van der Waals surface area (Å²) in [6.45, 7) is 6.76. The van der Waals surface area contributed by atoms with E-state index >= 15 is 0 Å². The minimum Gasteiger partial charge on any atom is -0.492 e. The van der Waals surface area contributed by atoms with E-state index < -0.39 is 0 Å². The van der Waals surface area contributed by atoms with E-state index in [0.717, 1.165) is 31.9 Å². The van der Waals surface area contributed by atoms with E-state index in [1.807, 2.05) is 30.6 Å². The van der Waals surface area contributed by atoms with Gasteiger partial charge in [0, 0.05) is 44.6 Å². The minimum absolute atomic E-state index is 0. The number of pyridine rings is 1. The molecule has 1 fully saturated rings. The van der Waals surface area contributed by atoms with Gasteiger partial charge in [-0.1, -0.05) is 18.2 Å². The fourth-order valence-corrected chi connectivity index (χ4v) is 2.90. The van der Waals surface area contributed by atoms with Crippen molar-refractivity contribution in [3.63, 3.8) is 0 Å². The van der Waals surface area contributed by atoms with Crippen LogP contribution in [0.4, 0.5) is 0 Å². The zero-order chi connectivity index (χ0) is 15.2. The second-order valence-electron chi connectivity index (χ2n) is 5.71. The van der Waals surface area contributed by atoms with Crippen molar-refractivity contribution in [2.24, 2.45) is 0 Å². The molecule has 0 bridgehead atoms. The Morgan fingerprint density at radius 2 is 2.22 bits per heavy atom. The van der Waals surface area contributed by atoms with Gasteiger partial charge < -0.3 is 10.1 Å². The van der Waals surface area contributed by atoms with Crippen LogP contribution in [0.3, 0.4) is 0 Å². The van der Waals surface area contributed by atoms with Gasteiger partial charge in [-0.15, -0.1) is 12.4 Å². The number of nitrogens with zero attached hydrogens (tertiary/aromatic N) is 2. The van der Waals surface area contributed by atoms with Crippen molar-refractivity contribution in [2.45, 2.75) is 13.0 Å². The summed E-state index contributed by atoms with van der Waals surface area (Å²) in [5.41, 5.74) is 2.50. The number of hydrogen-bond donors (Lipinski definition) is 1. The summed E-state index contributed by atoms with van der Waals surface area (Å²) in [5, 5.41) is 3.47. The van der Waals surface area contributed by atoms with Gasteiger partial charge in [0.15, 0.2) is 0 Å². The molecule has 2 heterocycles. The molecule has 1 aromatic carbocycles. The first-order valence-corrected chi connectivity index (χ1v) is 7.87. The lowest BCUT2D eigenvalue weighted by Crippen LogP contribution is -2.47. The fraction of sp³-hybridized carbons (Fsp3) is 0.389. The summed E-state index contributed by atoms with van der Waals surface area (Å²) in [5.74, 6) is 0.952. The van der Waals surface area contributed by atoms with Gasteiger partial charge >= 0.3 is 0 Å². The van der Waals surface area contributed by atoms with Crippen LogP contribution in [0.25, 0.3) is 0 Å². The Kier molecular flexibility index (Phi) is 6.84. The molecule has 1 atom stereocenters. The van der Waals surface area contributed by atoms with Crippen LogP contribution in [0.15, 0.2) is 48.8 Å². The first-order chi connectivity index (χ1) is 10.8. The Hall–Kier alpha value is -1.62. The summed E-state index contributed by atoms with van der Waals surface area (Å²) in [4.78, 5) is 6.72. The van der Waals surface area contributed by atoms with Crippen molar-refractivity contribution >= 4 is 12.4 Å². The molecule has 0 aliphatic carbocycles. The predicted molar refractivity (Wildman–Crippen MR) is 95.3 cm³/mol. The molecule has 1 unspecified atom stereocenters. The molecule has 1 saturated heterocycles. The zero-order valence-corrected chi connectivity index (χ0v) is 14.3. The lowest BCUT2D eigenvalue weighted by molar-refractivity contribution is 0.134. The molecule has 5 heteroatoms. The van der Waals surface area contributed by atoms with Crippen molar-refractivity contribution in [2.75, 3.05) is 32.8 Å². The highest BCUT2D eigenvalue weighted by Crippen LogP contribution is 2.21. The van der Waals surface area contributed by atoms with E-state index in [9.17, 15) is 0 Å². The third kappa shape index (κ3) is 4.93. The fourth-order valence-electron chi connectivity index (χ4n) is 2.90. The molecular formula is C18H24ClN3O. The Bertz CT molecular complexity index is 594. The lowest BCUT2D eigenvalue weighted by atomic mass is 10.1. The van der Waals surface area contributed by atoms with Crippen molar-refractivity contribution < 1.29 is 4.74 Å². The summed E-state index contributed by atoms with van der Waals surface area (Å²) >= 11 is 0. The molecule has 23 heavy (non-hydrogen) atoms. The molecule has 3 rings (SSSR count). The second kappa shape index (κ2) is 8.87. The highest BCUT2D eigenvalue weighted by Gasteiger charge is 2.23. The highest BCUT2D eigenvalue weighted by atomic mass is 35.5. The summed E-state index contributed by atoms with van der Waals surface area (Å²) in [6.07, 6.45) is 3.79. The topological polar surface area (TPSA) is 37.4 Å². The van der Waals surface area contributed by atoms with Crippen LogP contribution >= 0.6 is 12.4 Å². The van der Waals surface area contributed by atoms with Crippen LogP contribution < -0.4 is 10.1 Å². The minimum atomic E-state index is 0. The molecule has 124 valence electrons. The van der Waals surface area contributed by atoms with Gasteiger partial charge in [-0.05, 0) is 36.2 Å². The maximum Gasteiger partial charge on any atom is 0.119 e. The number of nitrogens with one attached hydrogen (secondary N) is 1. The van der Waals surface area contributed by atoms with E-state index in [1.165, 1.54) is 11.1 Å². The summed E-state index contributed by atoms with van der Waals surface area (Å²) in [7, 11) is 0. The maximum atomic E-state index is 5.90. The second-order valence-corrected chi connectivity index (χ2v) is 5.71. The van der Waals surface area contributed by atoms with E-state index in [2.05, 4.69) is 40.3 Å². The molecule has 4 nitrogen and oxygen atoms in total. The van der Waals surface area contributed by atoms with Gasteiger partial charge in [0.1, 0.15) is 12.4 Å². The lowest BCUT2D eigenvalue weighted by Gasteiger charge is -2.36. The highest BCUT2D eigenvalue weighted by molar-refractivity contribution is 5.85. The summed E-state index contributed by atoms with van der Waals surface area (Å²) in [6, 6.07) is 12.8. The number of rotatable bonds is 5. The van der Waals surface area contributed by atoms with Crippen LogP contribution in [0, 0.1) is 6.92 Å². The maximum absolute atomic E-state index is 5.90. The third-order valence-electron chi connectivity index (χ3n) is 4.06. The molecule has 0 radical (unpaired) electrons. The van der Waals surface area contributed by atoms with Crippen molar-refractivity contribution in [3.8, 4) is 5.75 Å². The van der Waals surface area contributed by atoms with Gasteiger partial charge in [-0.3, -0.25) is 9.88 Å². The SMILES string of the molecule is Cc1cccc(OCCN2CCNCC2c2cccnc2)c1.Cl. The van der Waals surface area contributed by atoms with E-state index in [1.54, 1.807) is 0 Å². The average Bonchev–Trinajstić information content (AvgIpc) is 2.56. The van der Waals surface area contributed by atoms with Crippen molar-refractivity contribution in [1.29, 1.82) is 0 Å². The first kappa shape index (κ1) is 17.7. The largest absolute Gasteiger partial charge is 0.492 e. The van der Waals surface area contributed by atoms with E-state index in [4.69, 9.17) is 4.74 Å². The van der Waals surface area contributed by atoms with Crippen molar-refractivity contribution in [3.05, 3.63) is 59.9 Å². The van der Waals surface area contributed by atoms with Gasteiger partial charge in [-0.25, -0.2) is 0 Å². The monoisotopic (exact) mass is 333 g/mol. The molecule has 0 saturated carbocycles. The number of piperazine rings is 1. The average molecular weight is 334 g/mol. The van der Waals surface area contributed by atoms with Crippen LogP contribution in [0.5, 0.6) is 5.75 Å². The van der Waals surface area contributed by atoms with Gasteiger partial charge in [0.2, 0.25) is 0 Å². The zero-order valence-electron chi connectivity index (χ0n) is 13.4. The standard InChI is InChI=1S/C18H23N3O.ClH/c1-15-4-2-6-17(12-15)22-11-10-21-9-8-20-14-18(21)16-5-3-7-19-13-16;/h2-7,12-13,18,20H,8-11,14H2,1H3;1H. The Morgan fingerprint density at radius 3 is 3.00 bits per heavy atom. The van der Waals surface area contributed by atoms with Crippen molar-refractivity contribution in [1.82, 2.24) is 15.2 Å². The quantitative estimate of drug-likeness (QED) is 0.913. The van der Waals surface area contributed by atoms with Crippen LogP contribution in [-0.4, -0.2) is 42.7 Å². The predicted octanol–water partition coefficient (Wildman–Crippen LogP) is 2.84. The molecule has 1 N–H and O–H groups in total. The number of benzene rings is 1. The molecule has 1 aliphatic rings. The first-order valence-electron chi connectivity index (χ1n) is 7.87. The Labute approximate surface area is 144 Å². The molecule has 0 amide bonds. The molecule has 1 aromatic heterocycles. The Morgan fingerprint density at radius 1 is 1.30 bits per heavy atom. The number of aromatic nitrogens is 1. The van der Waals surface area contributed by atoms with Crippen LogP contribution in [0.2, 0.25) is 0 Å². The molecule has 1 aliphatic heterocycles. The van der Waals surface area contributed by atoms with Gasteiger partial charge in [0.25, 0.3) is 0 Å². The molecule has 0 spiro atoms. The normalized spacial score (nSPS) is 18.2. The smallest absolute Gasteiger partial charge is 0.119 e. The van der Waals surface area contributed by atoms with Gasteiger partial charge in [-0.2, -0.15) is 0 Å². The molecule has 2 aromatic rings. The van der Waals surface area contributed by atoms with E-state index in [0.29, 0.717) is 12.6 Å². The van der Waals surface area contributed by atoms with Crippen LogP contribution in [0.1, 0.15) is 17.2 Å². The Balaban J connectivity index is 0.00000192. The van der Waals surface area contributed by atoms with E-state index in [-0.39, 0.29) is 12.4 Å². The van der Waals surface area contributed by atoms with Gasteiger partial charge in [0.05, 0.1) is 0 Å². The third-order valence-corrected chi connectivity index (χ3v) is 4.06. The number of ether oxygens (including phenoxy) is 1. The number of aryl methyl sites for hydroxylation is 1. The summed E-state index contributed by atoms with van der Waals surface area (Å²) < 4.78 is 5.90. The van der Waals surface area contributed by atoms with Crippen LogP contribution in [-0.2, 0) is 0 Å². The molecular weight excluding hydrogens is 310 g/mol. The number of halogens is 1.